The van der Waals surface area contributed by atoms with Crippen molar-refractivity contribution in [2.24, 2.45) is 5.73 Å². The molecule has 1 atom stereocenters. The predicted molar refractivity (Wildman–Crippen MR) is 67.4 cm³/mol. The van der Waals surface area contributed by atoms with Gasteiger partial charge in [-0.2, -0.15) is 0 Å². The van der Waals surface area contributed by atoms with Crippen molar-refractivity contribution in [2.45, 2.75) is 31.9 Å². The van der Waals surface area contributed by atoms with E-state index in [2.05, 4.69) is 5.32 Å². The van der Waals surface area contributed by atoms with Crippen molar-refractivity contribution in [1.29, 1.82) is 0 Å². The Kier molecular flexibility index (Phi) is 4.66. The molecule has 0 saturated carbocycles. The summed E-state index contributed by atoms with van der Waals surface area (Å²) in [6, 6.07) is 9.03. The summed E-state index contributed by atoms with van der Waals surface area (Å²) in [5, 5.41) is 12.1. The number of benzene rings is 1. The van der Waals surface area contributed by atoms with Crippen LogP contribution in [0.15, 0.2) is 30.3 Å². The van der Waals surface area contributed by atoms with Crippen LogP contribution in [-0.2, 0) is 11.2 Å². The van der Waals surface area contributed by atoms with Crippen LogP contribution in [0.4, 0.5) is 0 Å². The number of carbonyl (C=O) groups is 1. The molecule has 0 aromatic heterocycles. The lowest BCUT2D eigenvalue weighted by molar-refractivity contribution is -0.123. The lowest BCUT2D eigenvalue weighted by Gasteiger charge is -2.19. The number of hydrogen-bond donors (Lipinski definition) is 3. The van der Waals surface area contributed by atoms with Crippen LogP contribution >= 0.6 is 0 Å². The Morgan fingerprint density at radius 2 is 2.00 bits per heavy atom. The number of carbonyl (C=O) groups excluding carboxylic acids is 1. The van der Waals surface area contributed by atoms with Crippen LogP contribution in [0.25, 0.3) is 0 Å². The molecule has 0 aliphatic carbocycles. The Balaban J connectivity index is 2.43. The van der Waals surface area contributed by atoms with Crippen molar-refractivity contribution in [2.75, 3.05) is 6.54 Å². The zero-order valence-corrected chi connectivity index (χ0v) is 10.3. The molecule has 4 N–H and O–H groups in total. The van der Waals surface area contributed by atoms with E-state index in [1.165, 1.54) is 0 Å². The van der Waals surface area contributed by atoms with Gasteiger partial charge >= 0.3 is 0 Å². The lowest BCUT2D eigenvalue weighted by atomic mass is 10.1. The van der Waals surface area contributed by atoms with Crippen LogP contribution in [0, 0.1) is 0 Å². The Labute approximate surface area is 102 Å². The van der Waals surface area contributed by atoms with Crippen molar-refractivity contribution in [3.63, 3.8) is 0 Å². The molecular formula is C13H20N2O2. The van der Waals surface area contributed by atoms with Crippen molar-refractivity contribution in [3.05, 3.63) is 35.9 Å². The molecule has 0 fully saturated rings. The normalized spacial score (nSPS) is 13.2. The molecule has 1 aromatic rings. The van der Waals surface area contributed by atoms with Crippen LogP contribution in [0.2, 0.25) is 0 Å². The summed E-state index contributed by atoms with van der Waals surface area (Å²) in [4.78, 5) is 11.6. The maximum absolute atomic E-state index is 11.6. The number of hydrogen-bond acceptors (Lipinski definition) is 3. The summed E-state index contributed by atoms with van der Waals surface area (Å²) in [5.74, 6) is -0.240. The van der Waals surface area contributed by atoms with Crippen LogP contribution in [0.5, 0.6) is 0 Å². The van der Waals surface area contributed by atoms with Gasteiger partial charge in [-0.15, -0.1) is 0 Å². The Morgan fingerprint density at radius 1 is 1.41 bits per heavy atom. The largest absolute Gasteiger partial charge is 0.389 e. The van der Waals surface area contributed by atoms with Crippen LogP contribution in [0.3, 0.4) is 0 Å². The molecule has 1 amide bonds. The lowest BCUT2D eigenvalue weighted by Crippen LogP contribution is -2.46. The molecule has 1 aromatic carbocycles. The molecular weight excluding hydrogens is 216 g/mol. The van der Waals surface area contributed by atoms with E-state index >= 15 is 0 Å². The second-order valence-corrected chi connectivity index (χ2v) is 4.83. The van der Waals surface area contributed by atoms with Crippen molar-refractivity contribution in [3.8, 4) is 0 Å². The molecule has 0 saturated heterocycles. The number of rotatable bonds is 5. The summed E-state index contributed by atoms with van der Waals surface area (Å²) in [6.07, 6.45) is 0.499. The third kappa shape index (κ3) is 5.47. The molecule has 1 rings (SSSR count). The third-order valence-electron chi connectivity index (χ3n) is 2.33. The summed E-state index contributed by atoms with van der Waals surface area (Å²) >= 11 is 0. The fourth-order valence-electron chi connectivity index (χ4n) is 1.40. The third-order valence-corrected chi connectivity index (χ3v) is 2.33. The van der Waals surface area contributed by atoms with Gasteiger partial charge in [0, 0.05) is 6.54 Å². The highest BCUT2D eigenvalue weighted by Crippen LogP contribution is 2.02. The average molecular weight is 236 g/mol. The Bertz CT molecular complexity index is 357. The average Bonchev–Trinajstić information content (AvgIpc) is 2.26. The zero-order chi connectivity index (χ0) is 12.9. The molecule has 0 radical (unpaired) electrons. The first-order valence-corrected chi connectivity index (χ1v) is 5.68. The fourth-order valence-corrected chi connectivity index (χ4v) is 1.40. The first kappa shape index (κ1) is 13.7. The summed E-state index contributed by atoms with van der Waals surface area (Å²) in [5.41, 5.74) is 5.90. The molecule has 0 heterocycles. The number of amides is 1. The SMILES string of the molecule is CC(C)(O)CNC(=O)[C@@H](N)Cc1ccccc1. The van der Waals surface area contributed by atoms with Gasteiger partial charge in [-0.1, -0.05) is 30.3 Å². The highest BCUT2D eigenvalue weighted by atomic mass is 16.3. The maximum atomic E-state index is 11.6. The zero-order valence-electron chi connectivity index (χ0n) is 10.3. The van der Waals surface area contributed by atoms with Gasteiger partial charge in [-0.25, -0.2) is 0 Å². The standard InChI is InChI=1S/C13H20N2O2/c1-13(2,17)9-15-12(16)11(14)8-10-6-4-3-5-7-10/h3-7,11,17H,8-9,14H2,1-2H3,(H,15,16)/t11-/m0/s1. The van der Waals surface area contributed by atoms with Gasteiger partial charge in [0.25, 0.3) is 0 Å². The van der Waals surface area contributed by atoms with Crippen molar-refractivity contribution in [1.82, 2.24) is 5.32 Å². The second-order valence-electron chi connectivity index (χ2n) is 4.83. The van der Waals surface area contributed by atoms with Gasteiger partial charge in [0.15, 0.2) is 0 Å². The quantitative estimate of drug-likeness (QED) is 0.694. The molecule has 4 heteroatoms. The molecule has 0 bridgehead atoms. The van der Waals surface area contributed by atoms with Gasteiger partial charge in [0.1, 0.15) is 0 Å². The van der Waals surface area contributed by atoms with Crippen LogP contribution in [0.1, 0.15) is 19.4 Å². The fraction of sp³-hybridized carbons (Fsp3) is 0.462. The number of nitrogens with two attached hydrogens (primary N) is 1. The minimum Gasteiger partial charge on any atom is -0.389 e. The highest BCUT2D eigenvalue weighted by molar-refractivity contribution is 5.81. The van der Waals surface area contributed by atoms with Crippen LogP contribution in [-0.4, -0.2) is 29.2 Å². The molecule has 0 aliphatic heterocycles. The van der Waals surface area contributed by atoms with Crippen LogP contribution < -0.4 is 11.1 Å². The molecule has 94 valence electrons. The van der Waals surface area contributed by atoms with E-state index in [-0.39, 0.29) is 12.5 Å². The highest BCUT2D eigenvalue weighted by Gasteiger charge is 2.18. The van der Waals surface area contributed by atoms with E-state index in [1.54, 1.807) is 13.8 Å². The topological polar surface area (TPSA) is 75.3 Å². The first-order valence-electron chi connectivity index (χ1n) is 5.68. The molecule has 17 heavy (non-hydrogen) atoms. The monoisotopic (exact) mass is 236 g/mol. The Hall–Kier alpha value is -1.39. The van der Waals surface area contributed by atoms with Gasteiger partial charge in [0.05, 0.1) is 11.6 Å². The van der Waals surface area contributed by atoms with Crippen molar-refractivity contribution < 1.29 is 9.90 Å². The van der Waals surface area contributed by atoms with E-state index in [0.29, 0.717) is 6.42 Å². The van der Waals surface area contributed by atoms with Crippen molar-refractivity contribution >= 4 is 5.91 Å². The summed E-state index contributed by atoms with van der Waals surface area (Å²) in [6.45, 7) is 3.47. The maximum Gasteiger partial charge on any atom is 0.237 e. The molecule has 4 nitrogen and oxygen atoms in total. The summed E-state index contributed by atoms with van der Waals surface area (Å²) < 4.78 is 0. The first-order chi connectivity index (χ1) is 7.88. The van der Waals surface area contributed by atoms with Gasteiger partial charge in [0.2, 0.25) is 5.91 Å². The van der Waals surface area contributed by atoms with E-state index in [0.717, 1.165) is 5.56 Å². The van der Waals surface area contributed by atoms with E-state index in [1.807, 2.05) is 30.3 Å². The molecule has 0 unspecified atom stereocenters. The second kappa shape index (κ2) is 5.80. The molecule has 0 aliphatic rings. The molecule has 0 spiro atoms. The van der Waals surface area contributed by atoms with E-state index in [9.17, 15) is 9.90 Å². The predicted octanol–water partition coefficient (Wildman–Crippen LogP) is 0.444. The van der Waals surface area contributed by atoms with Gasteiger partial charge in [-0.3, -0.25) is 4.79 Å². The van der Waals surface area contributed by atoms with E-state index < -0.39 is 11.6 Å². The smallest absolute Gasteiger partial charge is 0.237 e. The van der Waals surface area contributed by atoms with Gasteiger partial charge in [-0.05, 0) is 25.8 Å². The number of aliphatic hydroxyl groups is 1. The summed E-state index contributed by atoms with van der Waals surface area (Å²) in [7, 11) is 0. The minimum atomic E-state index is -0.915. The van der Waals surface area contributed by atoms with Gasteiger partial charge < -0.3 is 16.2 Å². The van der Waals surface area contributed by atoms with E-state index in [4.69, 9.17) is 5.73 Å². The number of nitrogens with one attached hydrogen (secondary N) is 1. The minimum absolute atomic E-state index is 0.203. The Morgan fingerprint density at radius 3 is 2.53 bits per heavy atom.